The third-order valence-corrected chi connectivity index (χ3v) is 5.57. The molecule has 1 saturated heterocycles. The average molecular weight is 412 g/mol. The Morgan fingerprint density at radius 2 is 1.80 bits per heavy atom. The maximum absolute atomic E-state index is 14.5. The van der Waals surface area contributed by atoms with Gasteiger partial charge in [-0.15, -0.1) is 0 Å². The van der Waals surface area contributed by atoms with Crippen molar-refractivity contribution in [2.75, 3.05) is 32.7 Å². The predicted molar refractivity (Wildman–Crippen MR) is 110 cm³/mol. The highest BCUT2D eigenvalue weighted by molar-refractivity contribution is 5.95. The zero-order chi connectivity index (χ0) is 21.3. The van der Waals surface area contributed by atoms with Gasteiger partial charge in [0.15, 0.2) is 11.6 Å². The summed E-state index contributed by atoms with van der Waals surface area (Å²) in [6, 6.07) is 9.41. The molecule has 3 aromatic rings. The maximum Gasteiger partial charge on any atom is 0.272 e. The number of likely N-dealkylation sites (N-methyl/N-ethyl adjacent to an activating group) is 1. The molecule has 1 aromatic heterocycles. The monoisotopic (exact) mass is 412 g/mol. The second-order valence-electron chi connectivity index (χ2n) is 7.39. The molecule has 0 spiro atoms. The molecule has 4 rings (SSSR count). The van der Waals surface area contributed by atoms with Crippen molar-refractivity contribution in [1.82, 2.24) is 20.0 Å². The lowest BCUT2D eigenvalue weighted by molar-refractivity contribution is 0.0637. The summed E-state index contributed by atoms with van der Waals surface area (Å²) in [4.78, 5) is 28.6. The van der Waals surface area contributed by atoms with E-state index in [0.29, 0.717) is 48.2 Å². The van der Waals surface area contributed by atoms with Gasteiger partial charge >= 0.3 is 0 Å². The molecule has 0 aliphatic carbocycles. The Hall–Kier alpha value is -3.13. The number of aromatic nitrogens is 2. The van der Waals surface area contributed by atoms with Crippen molar-refractivity contribution in [3.8, 4) is 0 Å². The molecule has 1 aliphatic heterocycles. The molecule has 1 amide bonds. The number of rotatable bonds is 4. The minimum atomic E-state index is -1.14. The van der Waals surface area contributed by atoms with E-state index in [2.05, 4.69) is 15.1 Å². The summed E-state index contributed by atoms with van der Waals surface area (Å²) in [7, 11) is 0. The lowest BCUT2D eigenvalue weighted by Gasteiger charge is -2.34. The molecule has 1 aliphatic rings. The number of nitrogens with zero attached hydrogens (tertiary/aromatic N) is 3. The van der Waals surface area contributed by atoms with Gasteiger partial charge in [0.25, 0.3) is 11.5 Å². The lowest BCUT2D eigenvalue weighted by Crippen LogP contribution is -2.48. The molecule has 8 heteroatoms. The Kier molecular flexibility index (Phi) is 5.59. The number of nitrogens with one attached hydrogen (secondary N) is 1. The third kappa shape index (κ3) is 3.82. The predicted octanol–water partition coefficient (Wildman–Crippen LogP) is 2.57. The summed E-state index contributed by atoms with van der Waals surface area (Å²) >= 11 is 0. The molecule has 1 N–H and O–H groups in total. The highest BCUT2D eigenvalue weighted by Gasteiger charge is 2.25. The molecule has 0 unspecified atom stereocenters. The molecule has 2 aromatic carbocycles. The largest absolute Gasteiger partial charge is 0.336 e. The van der Waals surface area contributed by atoms with Crippen molar-refractivity contribution in [2.24, 2.45) is 0 Å². The van der Waals surface area contributed by atoms with Gasteiger partial charge in [-0.1, -0.05) is 25.1 Å². The van der Waals surface area contributed by atoms with Crippen molar-refractivity contribution >= 4 is 16.7 Å². The summed E-state index contributed by atoms with van der Waals surface area (Å²) in [5.41, 5.74) is 0.339. The number of carbonyl (C=O) groups excluding carboxylic acids is 1. The molecule has 156 valence electrons. The van der Waals surface area contributed by atoms with Crippen LogP contribution in [0.2, 0.25) is 0 Å². The number of carbonyl (C=O) groups is 1. The summed E-state index contributed by atoms with van der Waals surface area (Å²) in [5, 5.41) is 7.62. The van der Waals surface area contributed by atoms with Gasteiger partial charge in [-0.05, 0) is 30.3 Å². The van der Waals surface area contributed by atoms with E-state index >= 15 is 0 Å². The zero-order valence-corrected chi connectivity index (χ0v) is 16.6. The van der Waals surface area contributed by atoms with Crippen LogP contribution < -0.4 is 5.56 Å². The van der Waals surface area contributed by atoms with Crippen LogP contribution in [0.5, 0.6) is 0 Å². The number of hydrogen-bond donors (Lipinski definition) is 1. The Morgan fingerprint density at radius 3 is 2.50 bits per heavy atom. The van der Waals surface area contributed by atoms with E-state index in [9.17, 15) is 18.4 Å². The molecule has 1 fully saturated rings. The van der Waals surface area contributed by atoms with Crippen LogP contribution in [0, 0.1) is 11.6 Å². The second kappa shape index (κ2) is 8.31. The first kappa shape index (κ1) is 20.2. The van der Waals surface area contributed by atoms with Crippen LogP contribution in [-0.2, 0) is 6.42 Å². The fraction of sp³-hybridized carbons (Fsp3) is 0.318. The maximum atomic E-state index is 14.5. The lowest BCUT2D eigenvalue weighted by atomic mass is 10.0. The summed E-state index contributed by atoms with van der Waals surface area (Å²) in [6.07, 6.45) is 0.151. The molecule has 30 heavy (non-hydrogen) atoms. The Bertz CT molecular complexity index is 1150. The average Bonchev–Trinajstić information content (AvgIpc) is 2.78. The van der Waals surface area contributed by atoms with Gasteiger partial charge in [0, 0.05) is 38.0 Å². The van der Waals surface area contributed by atoms with Gasteiger partial charge in [0.1, 0.15) is 0 Å². The van der Waals surface area contributed by atoms with Crippen LogP contribution in [-0.4, -0.2) is 58.6 Å². The number of fused-ring (bicyclic) bond motifs is 1. The van der Waals surface area contributed by atoms with Gasteiger partial charge in [-0.25, -0.2) is 13.9 Å². The number of amides is 1. The minimum Gasteiger partial charge on any atom is -0.336 e. The van der Waals surface area contributed by atoms with Crippen molar-refractivity contribution in [1.29, 1.82) is 0 Å². The van der Waals surface area contributed by atoms with Crippen LogP contribution in [0.1, 0.15) is 28.5 Å². The smallest absolute Gasteiger partial charge is 0.272 e. The van der Waals surface area contributed by atoms with E-state index in [1.165, 1.54) is 6.07 Å². The Morgan fingerprint density at radius 1 is 1.10 bits per heavy atom. The van der Waals surface area contributed by atoms with Crippen molar-refractivity contribution in [2.45, 2.75) is 13.3 Å². The molecule has 0 bridgehead atoms. The number of benzene rings is 2. The van der Waals surface area contributed by atoms with Crippen molar-refractivity contribution < 1.29 is 13.6 Å². The van der Waals surface area contributed by atoms with Crippen molar-refractivity contribution in [3.63, 3.8) is 0 Å². The highest BCUT2D eigenvalue weighted by atomic mass is 19.2. The van der Waals surface area contributed by atoms with E-state index < -0.39 is 17.5 Å². The van der Waals surface area contributed by atoms with E-state index in [1.54, 1.807) is 29.2 Å². The standard InChI is InChI=1S/C22H22F2N4O2/c1-2-27-7-9-28(10-8-27)22(30)17-11-14(12-18(23)20(17)24)13-19-15-5-3-4-6-16(15)21(29)26-25-19/h3-6,11-12H,2,7-10,13H2,1H3,(H,26,29). The third-order valence-electron chi connectivity index (χ3n) is 5.57. The molecular weight excluding hydrogens is 390 g/mol. The molecule has 0 saturated carbocycles. The number of halogens is 2. The van der Waals surface area contributed by atoms with Crippen LogP contribution in [0.25, 0.3) is 10.8 Å². The van der Waals surface area contributed by atoms with Crippen LogP contribution in [0.4, 0.5) is 8.78 Å². The van der Waals surface area contributed by atoms with Crippen molar-refractivity contribution in [3.05, 3.63) is 75.2 Å². The SMILES string of the molecule is CCN1CCN(C(=O)c2cc(Cc3n[nH]c(=O)c4ccccc34)cc(F)c2F)CC1. The molecular formula is C22H22F2N4O2. The van der Waals surface area contributed by atoms with E-state index in [1.807, 2.05) is 6.92 Å². The van der Waals surface area contributed by atoms with Gasteiger partial charge < -0.3 is 9.80 Å². The van der Waals surface area contributed by atoms with Gasteiger partial charge in [-0.2, -0.15) is 5.10 Å². The van der Waals surface area contributed by atoms with E-state index in [4.69, 9.17) is 0 Å². The zero-order valence-electron chi connectivity index (χ0n) is 16.6. The first-order valence-electron chi connectivity index (χ1n) is 9.93. The highest BCUT2D eigenvalue weighted by Crippen LogP contribution is 2.22. The first-order valence-corrected chi connectivity index (χ1v) is 9.93. The van der Waals surface area contributed by atoms with Gasteiger partial charge in [0.05, 0.1) is 16.6 Å². The van der Waals surface area contributed by atoms with Gasteiger partial charge in [-0.3, -0.25) is 9.59 Å². The normalized spacial score (nSPS) is 15.0. The fourth-order valence-electron chi connectivity index (χ4n) is 3.84. The number of aromatic amines is 1. The van der Waals surface area contributed by atoms with Crippen LogP contribution in [0.3, 0.4) is 0 Å². The summed E-state index contributed by atoms with van der Waals surface area (Å²) in [6.45, 7) is 5.30. The van der Waals surface area contributed by atoms with Crippen LogP contribution in [0.15, 0.2) is 41.2 Å². The number of piperazine rings is 1. The van der Waals surface area contributed by atoms with E-state index in [-0.39, 0.29) is 17.5 Å². The van der Waals surface area contributed by atoms with Crippen LogP contribution >= 0.6 is 0 Å². The quantitative estimate of drug-likeness (QED) is 0.715. The minimum absolute atomic E-state index is 0.151. The molecule has 0 atom stereocenters. The first-order chi connectivity index (χ1) is 14.5. The molecule has 0 radical (unpaired) electrons. The second-order valence-corrected chi connectivity index (χ2v) is 7.39. The number of hydrogen-bond acceptors (Lipinski definition) is 4. The Balaban J connectivity index is 1.65. The summed E-state index contributed by atoms with van der Waals surface area (Å²) in [5.74, 6) is -2.72. The topological polar surface area (TPSA) is 69.3 Å². The fourth-order valence-corrected chi connectivity index (χ4v) is 3.84. The molecule has 6 nitrogen and oxygen atoms in total. The number of H-pyrrole nitrogens is 1. The Labute approximate surface area is 172 Å². The molecule has 2 heterocycles. The van der Waals surface area contributed by atoms with E-state index in [0.717, 1.165) is 12.6 Å². The summed E-state index contributed by atoms with van der Waals surface area (Å²) < 4.78 is 28.8. The van der Waals surface area contributed by atoms with Gasteiger partial charge in [0.2, 0.25) is 0 Å².